The van der Waals surface area contributed by atoms with Crippen molar-refractivity contribution in [2.24, 2.45) is 0 Å². The van der Waals surface area contributed by atoms with Crippen LogP contribution in [-0.4, -0.2) is 5.11 Å². The van der Waals surface area contributed by atoms with Gasteiger partial charge in [-0.3, -0.25) is 0 Å². The molecule has 1 unspecified atom stereocenters. The molecule has 0 bridgehead atoms. The molecule has 3 N–H and O–H groups in total. The van der Waals surface area contributed by atoms with Crippen molar-refractivity contribution >= 4 is 22.4 Å². The number of benzene rings is 2. The Morgan fingerprint density at radius 2 is 1.78 bits per heavy atom. The number of allylic oxidation sites excluding steroid dienone is 1. The number of hydrogen-bond acceptors (Lipinski definition) is 3. The monoisotopic (exact) mass is 391 g/mol. The van der Waals surface area contributed by atoms with E-state index in [-0.39, 0.29) is 26.8 Å². The second kappa shape index (κ2) is 6.13. The highest BCUT2D eigenvalue weighted by Crippen LogP contribution is 2.53. The van der Waals surface area contributed by atoms with E-state index in [0.29, 0.717) is 11.1 Å². The summed E-state index contributed by atoms with van der Waals surface area (Å²) in [5, 5.41) is 10.9. The summed E-state index contributed by atoms with van der Waals surface area (Å²) in [5.74, 6) is -1.54. The zero-order valence-corrected chi connectivity index (χ0v) is 14.5. The highest BCUT2D eigenvalue weighted by Gasteiger charge is 2.34. The normalized spacial score (nSPS) is 16.3. The molecule has 1 atom stereocenters. The van der Waals surface area contributed by atoms with E-state index < -0.39 is 23.5 Å². The Morgan fingerprint density at radius 1 is 1.04 bits per heavy atom. The van der Waals surface area contributed by atoms with E-state index in [2.05, 4.69) is 0 Å². The molecule has 0 radical (unpaired) electrons. The second-order valence-corrected chi connectivity index (χ2v) is 7.31. The fourth-order valence-corrected chi connectivity index (χ4v) is 4.45. The van der Waals surface area contributed by atoms with Crippen LogP contribution in [0.3, 0.4) is 0 Å². The van der Waals surface area contributed by atoms with Crippen LogP contribution in [0.5, 0.6) is 5.75 Å². The molecule has 1 aliphatic rings. The summed E-state index contributed by atoms with van der Waals surface area (Å²) in [6.07, 6.45) is -3.13. The minimum atomic E-state index is -4.52. The van der Waals surface area contributed by atoms with E-state index in [0.717, 1.165) is 23.5 Å². The maximum Gasteiger partial charge on any atom is 0.416 e. The highest BCUT2D eigenvalue weighted by atomic mass is 32.1. The number of nitrogen functional groups attached to an aromatic ring is 1. The van der Waals surface area contributed by atoms with E-state index >= 15 is 0 Å². The molecule has 0 spiro atoms. The second-order valence-electron chi connectivity index (χ2n) is 6.22. The third kappa shape index (κ3) is 2.88. The summed E-state index contributed by atoms with van der Waals surface area (Å²) in [6.45, 7) is 0. The summed E-state index contributed by atoms with van der Waals surface area (Å²) in [6, 6.07) is 11.6. The lowest BCUT2D eigenvalue weighted by molar-refractivity contribution is -0.137. The lowest BCUT2D eigenvalue weighted by atomic mass is 9.96. The van der Waals surface area contributed by atoms with Crippen LogP contribution in [0.4, 0.5) is 22.6 Å². The number of anilines is 1. The molecule has 1 heterocycles. The number of alkyl halides is 3. The van der Waals surface area contributed by atoms with Gasteiger partial charge in [0.25, 0.3) is 0 Å². The third-order valence-corrected chi connectivity index (χ3v) is 5.63. The average Bonchev–Trinajstić information content (AvgIpc) is 3.09. The Hall–Kier alpha value is -2.80. The maximum absolute atomic E-state index is 14.6. The molecule has 0 aliphatic heterocycles. The Bertz CT molecular complexity index is 1070. The molecule has 3 aromatic rings. The van der Waals surface area contributed by atoms with E-state index in [1.54, 1.807) is 24.3 Å². The minimum absolute atomic E-state index is 0.0956. The van der Waals surface area contributed by atoms with Gasteiger partial charge in [0, 0.05) is 0 Å². The van der Waals surface area contributed by atoms with Crippen LogP contribution < -0.4 is 5.73 Å². The number of fused-ring (bicyclic) bond motifs is 1. The molecular formula is C20H13F4NOS. The zero-order valence-electron chi connectivity index (χ0n) is 13.7. The standard InChI is InChI=1S/C20H13F4NOS/c21-14-9-10-4-1-2-7-13(10)16(14)18-17(26)15(19(25)27-18)11-5-3-6-12(8-11)20(22,23)24/h1-9,16,26H,25H2. The molecule has 0 fully saturated rings. The summed E-state index contributed by atoms with van der Waals surface area (Å²) < 4.78 is 53.6. The number of aromatic hydroxyl groups is 1. The molecule has 0 saturated carbocycles. The summed E-state index contributed by atoms with van der Waals surface area (Å²) in [5.41, 5.74) is 6.77. The third-order valence-electron chi connectivity index (χ3n) is 4.55. The van der Waals surface area contributed by atoms with Gasteiger partial charge in [-0.15, -0.1) is 11.3 Å². The molecular weight excluding hydrogens is 378 g/mol. The van der Waals surface area contributed by atoms with Crippen molar-refractivity contribution in [2.45, 2.75) is 12.1 Å². The first-order valence-electron chi connectivity index (χ1n) is 8.02. The van der Waals surface area contributed by atoms with Crippen molar-refractivity contribution in [3.05, 3.63) is 75.9 Å². The Kier molecular flexibility index (Phi) is 3.99. The van der Waals surface area contributed by atoms with Crippen molar-refractivity contribution < 1.29 is 22.7 Å². The molecule has 2 aromatic carbocycles. The number of halogens is 4. The first-order chi connectivity index (χ1) is 12.8. The van der Waals surface area contributed by atoms with Crippen molar-refractivity contribution in [3.8, 4) is 16.9 Å². The van der Waals surface area contributed by atoms with Crippen LogP contribution in [0.25, 0.3) is 17.2 Å². The summed E-state index contributed by atoms with van der Waals surface area (Å²) >= 11 is 0.979. The van der Waals surface area contributed by atoms with Crippen molar-refractivity contribution in [2.75, 3.05) is 5.73 Å². The molecule has 0 amide bonds. The van der Waals surface area contributed by atoms with Gasteiger partial charge in [0.2, 0.25) is 0 Å². The van der Waals surface area contributed by atoms with Gasteiger partial charge >= 0.3 is 6.18 Å². The molecule has 2 nitrogen and oxygen atoms in total. The highest BCUT2D eigenvalue weighted by molar-refractivity contribution is 7.17. The van der Waals surface area contributed by atoms with Crippen molar-refractivity contribution in [1.29, 1.82) is 0 Å². The maximum atomic E-state index is 14.6. The Balaban J connectivity index is 1.84. The zero-order chi connectivity index (χ0) is 19.3. The van der Waals surface area contributed by atoms with E-state index in [9.17, 15) is 22.7 Å². The van der Waals surface area contributed by atoms with Gasteiger partial charge in [0.1, 0.15) is 11.6 Å². The number of nitrogens with two attached hydrogens (primary N) is 1. The topological polar surface area (TPSA) is 46.2 Å². The smallest absolute Gasteiger partial charge is 0.416 e. The quantitative estimate of drug-likeness (QED) is 0.513. The number of rotatable bonds is 2. The van der Waals surface area contributed by atoms with Crippen LogP contribution in [0.1, 0.15) is 27.5 Å². The average molecular weight is 391 g/mol. The van der Waals surface area contributed by atoms with Gasteiger partial charge in [0.05, 0.1) is 26.9 Å². The van der Waals surface area contributed by atoms with Gasteiger partial charge in [0.15, 0.2) is 0 Å². The van der Waals surface area contributed by atoms with Crippen LogP contribution in [-0.2, 0) is 6.18 Å². The minimum Gasteiger partial charge on any atom is -0.506 e. The molecule has 7 heteroatoms. The van der Waals surface area contributed by atoms with Gasteiger partial charge in [-0.05, 0) is 34.9 Å². The first-order valence-corrected chi connectivity index (χ1v) is 8.84. The first kappa shape index (κ1) is 17.6. The number of hydrogen-bond donors (Lipinski definition) is 2. The Morgan fingerprint density at radius 3 is 2.52 bits per heavy atom. The molecule has 1 aromatic heterocycles. The Labute approximate surface area is 156 Å². The van der Waals surface area contributed by atoms with Gasteiger partial charge < -0.3 is 10.8 Å². The largest absolute Gasteiger partial charge is 0.506 e. The molecule has 0 saturated heterocycles. The molecule has 27 heavy (non-hydrogen) atoms. The lowest BCUT2D eigenvalue weighted by Gasteiger charge is -2.12. The van der Waals surface area contributed by atoms with Crippen LogP contribution in [0.15, 0.2) is 54.4 Å². The SMILES string of the molecule is Nc1sc(C2C(F)=Cc3ccccc32)c(O)c1-c1cccc(C(F)(F)F)c1. The van der Waals surface area contributed by atoms with E-state index in [4.69, 9.17) is 5.73 Å². The summed E-state index contributed by atoms with van der Waals surface area (Å²) in [7, 11) is 0. The van der Waals surface area contributed by atoms with Crippen LogP contribution in [0.2, 0.25) is 0 Å². The van der Waals surface area contributed by atoms with Gasteiger partial charge in [-0.1, -0.05) is 36.4 Å². The van der Waals surface area contributed by atoms with Crippen molar-refractivity contribution in [3.63, 3.8) is 0 Å². The van der Waals surface area contributed by atoms with E-state index in [1.807, 2.05) is 0 Å². The van der Waals surface area contributed by atoms with Crippen LogP contribution in [0, 0.1) is 0 Å². The van der Waals surface area contributed by atoms with Crippen molar-refractivity contribution in [1.82, 2.24) is 0 Å². The molecule has 138 valence electrons. The van der Waals surface area contributed by atoms with Gasteiger partial charge in [-0.25, -0.2) is 4.39 Å². The number of thiophene rings is 1. The summed E-state index contributed by atoms with van der Waals surface area (Å²) in [4.78, 5) is 0.276. The molecule has 4 rings (SSSR count). The van der Waals surface area contributed by atoms with Gasteiger partial charge in [-0.2, -0.15) is 13.2 Å². The molecule has 1 aliphatic carbocycles. The fourth-order valence-electron chi connectivity index (χ4n) is 3.34. The fraction of sp³-hybridized carbons (Fsp3) is 0.100. The van der Waals surface area contributed by atoms with E-state index in [1.165, 1.54) is 18.2 Å². The lowest BCUT2D eigenvalue weighted by Crippen LogP contribution is -2.04. The van der Waals surface area contributed by atoms with Crippen LogP contribution >= 0.6 is 11.3 Å². The predicted molar refractivity (Wildman–Crippen MR) is 98.2 cm³/mol. The predicted octanol–water partition coefficient (Wildman–Crippen LogP) is 6.18.